The Morgan fingerprint density at radius 1 is 1.16 bits per heavy atom. The van der Waals surface area contributed by atoms with Crippen molar-refractivity contribution < 1.29 is 9.15 Å². The standard InChI is InChI=1S/C14H13N3O2/c1-8-3-4-11-9(5-8)6-12(19-11)10-7-13(18-2)17-14(15)16-10/h3-7H,1-2H3,(H2,15,16,17). The highest BCUT2D eigenvalue weighted by Gasteiger charge is 2.10. The fourth-order valence-electron chi connectivity index (χ4n) is 1.96. The van der Waals surface area contributed by atoms with Crippen LogP contribution in [0, 0.1) is 6.92 Å². The zero-order valence-corrected chi connectivity index (χ0v) is 10.7. The van der Waals surface area contributed by atoms with Gasteiger partial charge in [0.1, 0.15) is 11.3 Å². The number of anilines is 1. The maximum absolute atomic E-state index is 5.76. The van der Waals surface area contributed by atoms with Crippen LogP contribution in [0.4, 0.5) is 5.95 Å². The van der Waals surface area contributed by atoms with Crippen molar-refractivity contribution in [3.63, 3.8) is 0 Å². The minimum atomic E-state index is 0.158. The van der Waals surface area contributed by atoms with Gasteiger partial charge in [-0.05, 0) is 25.1 Å². The summed E-state index contributed by atoms with van der Waals surface area (Å²) in [6.07, 6.45) is 0. The van der Waals surface area contributed by atoms with Crippen molar-refractivity contribution in [2.45, 2.75) is 6.92 Å². The van der Waals surface area contributed by atoms with Crippen LogP contribution >= 0.6 is 0 Å². The number of nitrogens with two attached hydrogens (primary N) is 1. The summed E-state index contributed by atoms with van der Waals surface area (Å²) in [6, 6.07) is 9.63. The lowest BCUT2D eigenvalue weighted by molar-refractivity contribution is 0.397. The van der Waals surface area contributed by atoms with Gasteiger partial charge in [0, 0.05) is 11.5 Å². The van der Waals surface area contributed by atoms with E-state index in [1.54, 1.807) is 6.07 Å². The molecule has 0 amide bonds. The van der Waals surface area contributed by atoms with E-state index in [4.69, 9.17) is 14.9 Å². The Balaban J connectivity index is 2.15. The number of aryl methyl sites for hydroxylation is 1. The maximum Gasteiger partial charge on any atom is 0.223 e. The Bertz CT molecular complexity index is 750. The van der Waals surface area contributed by atoms with Gasteiger partial charge in [-0.15, -0.1) is 0 Å². The number of nitrogens with zero attached hydrogens (tertiary/aromatic N) is 2. The molecule has 2 heterocycles. The monoisotopic (exact) mass is 255 g/mol. The summed E-state index contributed by atoms with van der Waals surface area (Å²) in [5.74, 6) is 1.22. The van der Waals surface area contributed by atoms with E-state index in [0.29, 0.717) is 17.3 Å². The molecule has 0 aliphatic rings. The highest BCUT2D eigenvalue weighted by Crippen LogP contribution is 2.28. The number of hydrogen-bond donors (Lipinski definition) is 1. The Hall–Kier alpha value is -2.56. The van der Waals surface area contributed by atoms with Crippen molar-refractivity contribution in [1.82, 2.24) is 9.97 Å². The molecule has 5 nitrogen and oxygen atoms in total. The van der Waals surface area contributed by atoms with Gasteiger partial charge in [-0.3, -0.25) is 0 Å². The smallest absolute Gasteiger partial charge is 0.223 e. The van der Waals surface area contributed by atoms with Crippen molar-refractivity contribution in [1.29, 1.82) is 0 Å². The maximum atomic E-state index is 5.76. The molecule has 96 valence electrons. The van der Waals surface area contributed by atoms with Crippen molar-refractivity contribution in [2.24, 2.45) is 0 Å². The van der Waals surface area contributed by atoms with Crippen LogP contribution in [0.2, 0.25) is 0 Å². The van der Waals surface area contributed by atoms with Crippen molar-refractivity contribution in [3.8, 4) is 17.3 Å². The van der Waals surface area contributed by atoms with Gasteiger partial charge in [0.25, 0.3) is 0 Å². The van der Waals surface area contributed by atoms with Crippen LogP contribution in [0.3, 0.4) is 0 Å². The minimum Gasteiger partial charge on any atom is -0.481 e. The molecule has 0 spiro atoms. The third-order valence-electron chi connectivity index (χ3n) is 2.85. The van der Waals surface area contributed by atoms with Crippen LogP contribution in [0.5, 0.6) is 5.88 Å². The van der Waals surface area contributed by atoms with Gasteiger partial charge < -0.3 is 14.9 Å². The van der Waals surface area contributed by atoms with E-state index in [9.17, 15) is 0 Å². The fraction of sp³-hybridized carbons (Fsp3) is 0.143. The SMILES string of the molecule is COc1cc(-c2cc3cc(C)ccc3o2)nc(N)n1. The first-order valence-electron chi connectivity index (χ1n) is 5.85. The number of aromatic nitrogens is 2. The zero-order chi connectivity index (χ0) is 13.4. The quantitative estimate of drug-likeness (QED) is 0.762. The molecular formula is C14H13N3O2. The summed E-state index contributed by atoms with van der Waals surface area (Å²) in [5, 5.41) is 1.03. The largest absolute Gasteiger partial charge is 0.481 e. The van der Waals surface area contributed by atoms with Gasteiger partial charge in [-0.1, -0.05) is 11.6 Å². The third-order valence-corrected chi connectivity index (χ3v) is 2.85. The molecule has 0 bridgehead atoms. The Labute approximate surface area is 110 Å². The Morgan fingerprint density at radius 3 is 2.79 bits per heavy atom. The molecule has 0 saturated carbocycles. The van der Waals surface area contributed by atoms with Gasteiger partial charge in [-0.2, -0.15) is 4.98 Å². The first-order chi connectivity index (χ1) is 9.15. The Morgan fingerprint density at radius 2 is 2.00 bits per heavy atom. The molecule has 3 rings (SSSR count). The molecule has 0 aliphatic heterocycles. The fourth-order valence-corrected chi connectivity index (χ4v) is 1.96. The van der Waals surface area contributed by atoms with Crippen LogP contribution in [-0.4, -0.2) is 17.1 Å². The van der Waals surface area contributed by atoms with Gasteiger partial charge in [-0.25, -0.2) is 4.98 Å². The van der Waals surface area contributed by atoms with E-state index in [0.717, 1.165) is 11.0 Å². The van der Waals surface area contributed by atoms with E-state index in [-0.39, 0.29) is 5.95 Å². The van der Waals surface area contributed by atoms with Crippen LogP contribution in [0.15, 0.2) is 34.7 Å². The van der Waals surface area contributed by atoms with E-state index >= 15 is 0 Å². The first kappa shape index (κ1) is 11.5. The molecule has 3 aromatic rings. The lowest BCUT2D eigenvalue weighted by atomic mass is 10.2. The molecule has 0 aliphatic carbocycles. The molecule has 1 aromatic carbocycles. The van der Waals surface area contributed by atoms with Crippen LogP contribution in [0.1, 0.15) is 5.56 Å². The van der Waals surface area contributed by atoms with E-state index in [2.05, 4.69) is 16.0 Å². The number of methoxy groups -OCH3 is 1. The number of rotatable bonds is 2. The number of ether oxygens (including phenoxy) is 1. The predicted molar refractivity (Wildman–Crippen MR) is 72.9 cm³/mol. The predicted octanol–water partition coefficient (Wildman–Crippen LogP) is 2.79. The van der Waals surface area contributed by atoms with Crippen LogP contribution < -0.4 is 10.5 Å². The lowest BCUT2D eigenvalue weighted by Gasteiger charge is -2.01. The number of hydrogen-bond acceptors (Lipinski definition) is 5. The van der Waals surface area contributed by atoms with Gasteiger partial charge in [0.05, 0.1) is 7.11 Å². The second-order valence-electron chi connectivity index (χ2n) is 4.31. The molecule has 2 aromatic heterocycles. The summed E-state index contributed by atoms with van der Waals surface area (Å²) in [5.41, 5.74) is 8.25. The lowest BCUT2D eigenvalue weighted by Crippen LogP contribution is -1.98. The first-order valence-corrected chi connectivity index (χ1v) is 5.85. The number of fused-ring (bicyclic) bond motifs is 1. The zero-order valence-electron chi connectivity index (χ0n) is 10.7. The molecule has 0 atom stereocenters. The topological polar surface area (TPSA) is 74.2 Å². The molecule has 0 unspecified atom stereocenters. The van der Waals surface area contributed by atoms with Crippen LogP contribution in [0.25, 0.3) is 22.4 Å². The van der Waals surface area contributed by atoms with Crippen molar-refractivity contribution in [2.75, 3.05) is 12.8 Å². The molecule has 5 heteroatoms. The Kier molecular flexibility index (Phi) is 2.59. The second kappa shape index (κ2) is 4.28. The summed E-state index contributed by atoms with van der Waals surface area (Å²) >= 11 is 0. The molecule has 0 saturated heterocycles. The van der Waals surface area contributed by atoms with E-state index in [1.165, 1.54) is 12.7 Å². The highest BCUT2D eigenvalue weighted by molar-refractivity contribution is 5.83. The second-order valence-corrected chi connectivity index (χ2v) is 4.31. The van der Waals surface area contributed by atoms with E-state index < -0.39 is 0 Å². The summed E-state index contributed by atoms with van der Waals surface area (Å²) in [4.78, 5) is 8.11. The summed E-state index contributed by atoms with van der Waals surface area (Å²) in [7, 11) is 1.54. The molecule has 2 N–H and O–H groups in total. The molecular weight excluding hydrogens is 242 g/mol. The number of furan rings is 1. The van der Waals surface area contributed by atoms with E-state index in [1.807, 2.05) is 25.1 Å². The van der Waals surface area contributed by atoms with Gasteiger partial charge in [0.2, 0.25) is 11.8 Å². The van der Waals surface area contributed by atoms with Gasteiger partial charge >= 0.3 is 0 Å². The van der Waals surface area contributed by atoms with Crippen LogP contribution in [-0.2, 0) is 0 Å². The van der Waals surface area contributed by atoms with Gasteiger partial charge in [0.15, 0.2) is 5.76 Å². The molecule has 0 radical (unpaired) electrons. The third kappa shape index (κ3) is 2.10. The number of nitrogen functional groups attached to an aromatic ring is 1. The molecule has 19 heavy (non-hydrogen) atoms. The van der Waals surface area contributed by atoms with Crippen molar-refractivity contribution >= 4 is 16.9 Å². The molecule has 0 fully saturated rings. The summed E-state index contributed by atoms with van der Waals surface area (Å²) in [6.45, 7) is 2.04. The van der Waals surface area contributed by atoms with Crippen molar-refractivity contribution in [3.05, 3.63) is 35.9 Å². The highest BCUT2D eigenvalue weighted by atomic mass is 16.5. The normalized spacial score (nSPS) is 10.8. The average Bonchev–Trinajstić information content (AvgIpc) is 2.80. The minimum absolute atomic E-state index is 0.158. The summed E-state index contributed by atoms with van der Waals surface area (Å²) < 4.78 is 10.8. The average molecular weight is 255 g/mol. The number of benzene rings is 1.